The van der Waals surface area contributed by atoms with Crippen molar-refractivity contribution in [3.05, 3.63) is 59.7 Å². The van der Waals surface area contributed by atoms with E-state index in [4.69, 9.17) is 4.74 Å². The summed E-state index contributed by atoms with van der Waals surface area (Å²) in [5.74, 6) is 1.48. The van der Waals surface area contributed by atoms with Crippen LogP contribution < -0.4 is 15.0 Å². The number of nitrogens with zero attached hydrogens (tertiary/aromatic N) is 1. The molecule has 3 rings (SSSR count). The molecule has 4 nitrogen and oxygen atoms in total. The second kappa shape index (κ2) is 10.4. The summed E-state index contributed by atoms with van der Waals surface area (Å²) < 4.78 is 6.02. The highest BCUT2D eigenvalue weighted by molar-refractivity contribution is 5.81. The molecular weight excluding hydrogens is 396 g/mol. The SMILES string of the molecule is CC[C@@H](Oc1ccc(C(C)(C)C)cc1)C(=O)N[C@@H](C)c1ccc(N2CCC(C)CC2)cc1. The zero-order valence-corrected chi connectivity index (χ0v) is 20.7. The number of carbonyl (C=O) groups is 1. The van der Waals surface area contributed by atoms with Crippen molar-refractivity contribution in [3.63, 3.8) is 0 Å². The van der Waals surface area contributed by atoms with E-state index in [1.54, 1.807) is 0 Å². The lowest BCUT2D eigenvalue weighted by Crippen LogP contribution is -2.39. The van der Waals surface area contributed by atoms with E-state index in [1.807, 2.05) is 26.0 Å². The number of amides is 1. The molecule has 1 N–H and O–H groups in total. The molecule has 32 heavy (non-hydrogen) atoms. The van der Waals surface area contributed by atoms with Crippen LogP contribution in [0.1, 0.15) is 78.0 Å². The van der Waals surface area contributed by atoms with Gasteiger partial charge in [0.2, 0.25) is 0 Å². The second-order valence-corrected chi connectivity index (χ2v) is 10.3. The zero-order chi connectivity index (χ0) is 23.3. The van der Waals surface area contributed by atoms with E-state index in [1.165, 1.54) is 24.1 Å². The van der Waals surface area contributed by atoms with Crippen molar-refractivity contribution in [1.82, 2.24) is 5.32 Å². The molecule has 2 aromatic rings. The van der Waals surface area contributed by atoms with Crippen LogP contribution in [0.25, 0.3) is 0 Å². The maximum atomic E-state index is 12.9. The van der Waals surface area contributed by atoms with Crippen LogP contribution >= 0.6 is 0 Å². The van der Waals surface area contributed by atoms with Crippen LogP contribution in [0.5, 0.6) is 5.75 Å². The van der Waals surface area contributed by atoms with Crippen LogP contribution in [0.4, 0.5) is 5.69 Å². The summed E-state index contributed by atoms with van der Waals surface area (Å²) in [4.78, 5) is 15.3. The Hall–Kier alpha value is -2.49. The van der Waals surface area contributed by atoms with Crippen LogP contribution in [0.15, 0.2) is 48.5 Å². The van der Waals surface area contributed by atoms with Gasteiger partial charge in [-0.05, 0) is 72.9 Å². The summed E-state index contributed by atoms with van der Waals surface area (Å²) in [7, 11) is 0. The van der Waals surface area contributed by atoms with E-state index in [0.717, 1.165) is 30.3 Å². The number of ether oxygens (including phenoxy) is 1. The highest BCUT2D eigenvalue weighted by Crippen LogP contribution is 2.26. The molecule has 0 unspecified atom stereocenters. The molecule has 0 aliphatic carbocycles. The van der Waals surface area contributed by atoms with Crippen molar-refractivity contribution >= 4 is 11.6 Å². The van der Waals surface area contributed by atoms with Gasteiger partial charge in [-0.15, -0.1) is 0 Å². The number of hydrogen-bond donors (Lipinski definition) is 1. The van der Waals surface area contributed by atoms with Gasteiger partial charge in [-0.1, -0.05) is 58.9 Å². The first-order valence-corrected chi connectivity index (χ1v) is 12.1. The summed E-state index contributed by atoms with van der Waals surface area (Å²) >= 11 is 0. The molecule has 0 bridgehead atoms. The van der Waals surface area contributed by atoms with E-state index in [9.17, 15) is 4.79 Å². The lowest BCUT2D eigenvalue weighted by atomic mass is 9.87. The highest BCUT2D eigenvalue weighted by atomic mass is 16.5. The molecule has 4 heteroatoms. The van der Waals surface area contributed by atoms with Gasteiger partial charge in [-0.25, -0.2) is 0 Å². The molecule has 174 valence electrons. The van der Waals surface area contributed by atoms with Crippen molar-refractivity contribution in [2.45, 2.75) is 78.4 Å². The third kappa shape index (κ3) is 6.27. The van der Waals surface area contributed by atoms with Gasteiger partial charge in [0, 0.05) is 18.8 Å². The molecule has 0 aromatic heterocycles. The van der Waals surface area contributed by atoms with Crippen molar-refractivity contribution < 1.29 is 9.53 Å². The fraction of sp³-hybridized carbons (Fsp3) is 0.536. The van der Waals surface area contributed by atoms with Crippen molar-refractivity contribution in [2.24, 2.45) is 5.92 Å². The Labute approximate surface area is 194 Å². The van der Waals surface area contributed by atoms with Crippen molar-refractivity contribution in [1.29, 1.82) is 0 Å². The van der Waals surface area contributed by atoms with E-state index in [0.29, 0.717) is 6.42 Å². The molecule has 1 amide bonds. The van der Waals surface area contributed by atoms with Crippen molar-refractivity contribution in [3.8, 4) is 5.75 Å². The molecule has 1 aliphatic heterocycles. The number of carbonyl (C=O) groups excluding carboxylic acids is 1. The first-order valence-electron chi connectivity index (χ1n) is 12.1. The molecular formula is C28H40N2O2. The lowest BCUT2D eigenvalue weighted by Gasteiger charge is -2.32. The Balaban J connectivity index is 1.57. The molecule has 1 aliphatic rings. The first-order chi connectivity index (χ1) is 15.2. The molecule has 1 heterocycles. The topological polar surface area (TPSA) is 41.6 Å². The fourth-order valence-electron chi connectivity index (χ4n) is 4.15. The number of rotatable bonds is 7. The summed E-state index contributed by atoms with van der Waals surface area (Å²) in [6.45, 7) is 15.1. The zero-order valence-electron chi connectivity index (χ0n) is 20.7. The summed E-state index contributed by atoms with van der Waals surface area (Å²) in [5.41, 5.74) is 3.72. The number of anilines is 1. The van der Waals surface area contributed by atoms with E-state index in [2.05, 4.69) is 74.3 Å². The Morgan fingerprint density at radius 3 is 2.19 bits per heavy atom. The minimum atomic E-state index is -0.507. The Bertz CT molecular complexity index is 860. The fourth-order valence-corrected chi connectivity index (χ4v) is 4.15. The summed E-state index contributed by atoms with van der Waals surface area (Å²) in [6.07, 6.45) is 2.62. The third-order valence-corrected chi connectivity index (χ3v) is 6.56. The molecule has 1 fully saturated rings. The monoisotopic (exact) mass is 436 g/mol. The summed E-state index contributed by atoms with van der Waals surface area (Å²) in [5, 5.41) is 3.13. The molecule has 2 aromatic carbocycles. The largest absolute Gasteiger partial charge is 0.481 e. The molecule has 1 saturated heterocycles. The van der Waals surface area contributed by atoms with Crippen LogP contribution in [-0.2, 0) is 10.2 Å². The van der Waals surface area contributed by atoms with E-state index in [-0.39, 0.29) is 17.4 Å². The quantitative estimate of drug-likeness (QED) is 0.557. The van der Waals surface area contributed by atoms with Crippen LogP contribution in [0.3, 0.4) is 0 Å². The van der Waals surface area contributed by atoms with E-state index < -0.39 is 6.10 Å². The van der Waals surface area contributed by atoms with Gasteiger partial charge in [0.1, 0.15) is 5.75 Å². The average molecular weight is 437 g/mol. The first kappa shape index (κ1) is 24.2. The van der Waals surface area contributed by atoms with Gasteiger partial charge < -0.3 is 15.0 Å². The number of piperidine rings is 1. The van der Waals surface area contributed by atoms with Crippen LogP contribution in [0.2, 0.25) is 0 Å². The molecule has 0 saturated carbocycles. The number of nitrogens with one attached hydrogen (secondary N) is 1. The molecule has 0 radical (unpaired) electrons. The van der Waals surface area contributed by atoms with Gasteiger partial charge in [-0.2, -0.15) is 0 Å². The van der Waals surface area contributed by atoms with Gasteiger partial charge in [0.15, 0.2) is 6.10 Å². The highest BCUT2D eigenvalue weighted by Gasteiger charge is 2.22. The van der Waals surface area contributed by atoms with Gasteiger partial charge in [0.25, 0.3) is 5.91 Å². The average Bonchev–Trinajstić information content (AvgIpc) is 2.77. The number of benzene rings is 2. The van der Waals surface area contributed by atoms with Crippen LogP contribution in [0, 0.1) is 5.92 Å². The normalized spacial score (nSPS) is 17.0. The van der Waals surface area contributed by atoms with Gasteiger partial charge in [0.05, 0.1) is 6.04 Å². The maximum Gasteiger partial charge on any atom is 0.261 e. The predicted molar refractivity (Wildman–Crippen MR) is 133 cm³/mol. The Morgan fingerprint density at radius 2 is 1.66 bits per heavy atom. The minimum Gasteiger partial charge on any atom is -0.481 e. The summed E-state index contributed by atoms with van der Waals surface area (Å²) in [6, 6.07) is 16.6. The minimum absolute atomic E-state index is 0.0705. The van der Waals surface area contributed by atoms with E-state index >= 15 is 0 Å². The molecule has 2 atom stereocenters. The maximum absolute atomic E-state index is 12.9. The Morgan fingerprint density at radius 1 is 1.06 bits per heavy atom. The van der Waals surface area contributed by atoms with Gasteiger partial charge in [-0.3, -0.25) is 4.79 Å². The number of hydrogen-bond acceptors (Lipinski definition) is 3. The Kier molecular flexibility index (Phi) is 7.86. The third-order valence-electron chi connectivity index (χ3n) is 6.56. The van der Waals surface area contributed by atoms with Gasteiger partial charge >= 0.3 is 0 Å². The molecule has 0 spiro atoms. The predicted octanol–water partition coefficient (Wildman–Crippen LogP) is 6.26. The smallest absolute Gasteiger partial charge is 0.261 e. The standard InChI is InChI=1S/C28H40N2O2/c1-7-26(32-25-14-10-23(11-15-25)28(4,5)6)27(31)29-21(3)22-8-12-24(13-9-22)30-18-16-20(2)17-19-30/h8-15,20-21,26H,7,16-19H2,1-6H3,(H,29,31)/t21-,26+/m0/s1. The lowest BCUT2D eigenvalue weighted by molar-refractivity contribution is -0.128. The van der Waals surface area contributed by atoms with Crippen molar-refractivity contribution in [2.75, 3.05) is 18.0 Å². The van der Waals surface area contributed by atoms with Crippen LogP contribution in [-0.4, -0.2) is 25.1 Å². The second-order valence-electron chi connectivity index (χ2n) is 10.3.